The van der Waals surface area contributed by atoms with Crippen LogP contribution in [0.4, 0.5) is 5.82 Å². The zero-order chi connectivity index (χ0) is 11.8. The number of rotatable bonds is 1. The molecule has 0 aliphatic carbocycles. The summed E-state index contributed by atoms with van der Waals surface area (Å²) in [6.07, 6.45) is 0.835. The number of nitrogen functional groups attached to an aromatic ring is 1. The summed E-state index contributed by atoms with van der Waals surface area (Å²) in [6, 6.07) is 0. The molecule has 0 aromatic carbocycles. The average Bonchev–Trinajstić information content (AvgIpc) is 2.00. The summed E-state index contributed by atoms with van der Waals surface area (Å²) in [5.74, 6) is 0.0931. The van der Waals surface area contributed by atoms with Gasteiger partial charge in [-0.1, -0.05) is 0 Å². The van der Waals surface area contributed by atoms with Crippen molar-refractivity contribution in [3.63, 3.8) is 0 Å². The third kappa shape index (κ3) is 2.34. The maximum Gasteiger partial charge on any atom is 0.350 e. The molecule has 1 heterocycles. The van der Waals surface area contributed by atoms with Gasteiger partial charge in [0.15, 0.2) is 0 Å². The third-order valence-corrected chi connectivity index (χ3v) is 2.07. The molecular weight excluding hydrogens is 194 g/mol. The molecule has 0 aliphatic rings. The molecule has 0 unspecified atom stereocenters. The van der Waals surface area contributed by atoms with Gasteiger partial charge in [0.2, 0.25) is 0 Å². The smallest absolute Gasteiger partial charge is 0.350 e. The number of hydrogen-bond donors (Lipinski definition) is 3. The summed E-state index contributed by atoms with van der Waals surface area (Å²) in [6.45, 7) is 5.66. The van der Waals surface area contributed by atoms with Crippen molar-refractivity contribution in [1.82, 2.24) is 9.55 Å². The van der Waals surface area contributed by atoms with Crippen molar-refractivity contribution in [2.24, 2.45) is 11.5 Å². The summed E-state index contributed by atoms with van der Waals surface area (Å²) >= 11 is 0. The number of nitrogens with zero attached hydrogens (tertiary/aromatic N) is 2. The van der Waals surface area contributed by atoms with Crippen molar-refractivity contribution in [3.8, 4) is 0 Å². The molecule has 15 heavy (non-hydrogen) atoms. The Bertz CT molecular complexity index is 415. The fourth-order valence-electron chi connectivity index (χ4n) is 1.22. The quantitative estimate of drug-likeness (QED) is 0.542. The first kappa shape index (κ1) is 11.7. The maximum atomic E-state index is 11.6. The van der Waals surface area contributed by atoms with Crippen LogP contribution in [0.5, 0.6) is 0 Å². The summed E-state index contributed by atoms with van der Waals surface area (Å²) in [7, 11) is 0. The highest BCUT2D eigenvalue weighted by Crippen LogP contribution is 2.15. The van der Waals surface area contributed by atoms with E-state index in [1.54, 1.807) is 6.20 Å². The minimum atomic E-state index is -0.730. The Labute approximate surface area is 88.1 Å². The normalized spacial score (nSPS) is 12.1. The molecule has 0 amide bonds. The lowest BCUT2D eigenvalue weighted by Crippen LogP contribution is -2.37. The standard InChI is InChI=1S/C9H17N5O/c1-9(2,3)14-4-5(6(10)11)7(12)13-8(14)15/h4,6H,10-11H2,1-3H3,(H2,12,13,15). The van der Waals surface area contributed by atoms with E-state index in [1.807, 2.05) is 20.8 Å². The molecule has 0 bridgehead atoms. The first-order chi connectivity index (χ1) is 6.73. The Balaban J connectivity index is 3.44. The van der Waals surface area contributed by atoms with Gasteiger partial charge in [-0.05, 0) is 20.8 Å². The van der Waals surface area contributed by atoms with Crippen LogP contribution in [0.25, 0.3) is 0 Å². The lowest BCUT2D eigenvalue weighted by molar-refractivity contribution is 0.375. The van der Waals surface area contributed by atoms with Crippen molar-refractivity contribution >= 4 is 5.82 Å². The Morgan fingerprint density at radius 3 is 2.33 bits per heavy atom. The number of nitrogens with two attached hydrogens (primary N) is 3. The predicted molar refractivity (Wildman–Crippen MR) is 59.0 cm³/mol. The zero-order valence-corrected chi connectivity index (χ0v) is 9.19. The molecule has 6 N–H and O–H groups in total. The minimum absolute atomic E-state index is 0.0931. The molecule has 6 heteroatoms. The fourth-order valence-corrected chi connectivity index (χ4v) is 1.22. The van der Waals surface area contributed by atoms with Gasteiger partial charge in [0, 0.05) is 17.3 Å². The van der Waals surface area contributed by atoms with Gasteiger partial charge in [-0.2, -0.15) is 4.98 Å². The first-order valence-electron chi connectivity index (χ1n) is 4.64. The maximum absolute atomic E-state index is 11.6. The monoisotopic (exact) mass is 211 g/mol. The molecule has 1 aromatic rings. The Morgan fingerprint density at radius 1 is 1.40 bits per heavy atom. The van der Waals surface area contributed by atoms with Gasteiger partial charge in [-0.3, -0.25) is 4.57 Å². The molecular formula is C9H17N5O. The van der Waals surface area contributed by atoms with Gasteiger partial charge >= 0.3 is 5.69 Å². The van der Waals surface area contributed by atoms with Crippen LogP contribution in [-0.4, -0.2) is 9.55 Å². The topological polar surface area (TPSA) is 113 Å². The SMILES string of the molecule is CC(C)(C)n1cc(C(N)N)c(N)nc1=O. The lowest BCUT2D eigenvalue weighted by Gasteiger charge is -2.23. The molecule has 0 spiro atoms. The average molecular weight is 211 g/mol. The van der Waals surface area contributed by atoms with E-state index in [9.17, 15) is 4.79 Å². The lowest BCUT2D eigenvalue weighted by atomic mass is 10.1. The van der Waals surface area contributed by atoms with Gasteiger partial charge < -0.3 is 17.2 Å². The second kappa shape index (κ2) is 3.63. The van der Waals surface area contributed by atoms with E-state index < -0.39 is 11.9 Å². The van der Waals surface area contributed by atoms with Crippen molar-refractivity contribution < 1.29 is 0 Å². The Hall–Kier alpha value is -1.40. The van der Waals surface area contributed by atoms with Gasteiger partial charge in [0.25, 0.3) is 0 Å². The highest BCUT2D eigenvalue weighted by Gasteiger charge is 2.18. The van der Waals surface area contributed by atoms with Crippen LogP contribution in [0, 0.1) is 0 Å². The largest absolute Gasteiger partial charge is 0.383 e. The van der Waals surface area contributed by atoms with E-state index in [0.717, 1.165) is 0 Å². The molecule has 0 fully saturated rings. The second-order valence-corrected chi connectivity index (χ2v) is 4.43. The van der Waals surface area contributed by atoms with Crippen molar-refractivity contribution in [3.05, 3.63) is 22.2 Å². The van der Waals surface area contributed by atoms with E-state index in [1.165, 1.54) is 4.57 Å². The summed E-state index contributed by atoms with van der Waals surface area (Å²) in [5, 5.41) is 0. The summed E-state index contributed by atoms with van der Waals surface area (Å²) in [5.41, 5.74) is 16.3. The highest BCUT2D eigenvalue weighted by atomic mass is 16.1. The fraction of sp³-hybridized carbons (Fsp3) is 0.556. The van der Waals surface area contributed by atoms with E-state index in [2.05, 4.69) is 4.98 Å². The predicted octanol–water partition coefficient (Wildman–Crippen LogP) is -0.503. The van der Waals surface area contributed by atoms with Crippen LogP contribution < -0.4 is 22.9 Å². The van der Waals surface area contributed by atoms with E-state index in [-0.39, 0.29) is 11.4 Å². The molecule has 84 valence electrons. The van der Waals surface area contributed by atoms with E-state index in [0.29, 0.717) is 5.56 Å². The summed E-state index contributed by atoms with van der Waals surface area (Å²) < 4.78 is 1.46. The Morgan fingerprint density at radius 2 is 1.93 bits per heavy atom. The summed E-state index contributed by atoms with van der Waals surface area (Å²) in [4.78, 5) is 15.2. The molecule has 1 aromatic heterocycles. The van der Waals surface area contributed by atoms with Crippen LogP contribution in [-0.2, 0) is 5.54 Å². The van der Waals surface area contributed by atoms with Crippen LogP contribution in [0.3, 0.4) is 0 Å². The van der Waals surface area contributed by atoms with Gasteiger partial charge in [0.05, 0.1) is 6.17 Å². The molecule has 0 atom stereocenters. The van der Waals surface area contributed by atoms with Crippen molar-refractivity contribution in [1.29, 1.82) is 0 Å². The Kier molecular flexibility index (Phi) is 2.83. The van der Waals surface area contributed by atoms with Crippen LogP contribution in [0.15, 0.2) is 11.0 Å². The van der Waals surface area contributed by atoms with E-state index >= 15 is 0 Å². The van der Waals surface area contributed by atoms with Gasteiger partial charge in [0.1, 0.15) is 5.82 Å². The first-order valence-corrected chi connectivity index (χ1v) is 4.64. The molecule has 6 nitrogen and oxygen atoms in total. The zero-order valence-electron chi connectivity index (χ0n) is 9.19. The van der Waals surface area contributed by atoms with Crippen molar-refractivity contribution in [2.45, 2.75) is 32.5 Å². The number of anilines is 1. The van der Waals surface area contributed by atoms with Crippen LogP contribution in [0.2, 0.25) is 0 Å². The van der Waals surface area contributed by atoms with Crippen LogP contribution in [0.1, 0.15) is 32.5 Å². The van der Waals surface area contributed by atoms with Crippen molar-refractivity contribution in [2.75, 3.05) is 5.73 Å². The molecule has 0 radical (unpaired) electrons. The van der Waals surface area contributed by atoms with Crippen LogP contribution >= 0.6 is 0 Å². The van der Waals surface area contributed by atoms with Gasteiger partial charge in [-0.15, -0.1) is 0 Å². The highest BCUT2D eigenvalue weighted by molar-refractivity contribution is 5.38. The molecule has 0 saturated heterocycles. The second-order valence-electron chi connectivity index (χ2n) is 4.43. The number of hydrogen-bond acceptors (Lipinski definition) is 5. The number of aromatic nitrogens is 2. The van der Waals surface area contributed by atoms with E-state index in [4.69, 9.17) is 17.2 Å². The molecule has 1 rings (SSSR count). The van der Waals surface area contributed by atoms with Gasteiger partial charge in [-0.25, -0.2) is 4.79 Å². The molecule has 0 saturated carbocycles. The minimum Gasteiger partial charge on any atom is -0.383 e. The third-order valence-electron chi connectivity index (χ3n) is 2.07. The molecule has 0 aliphatic heterocycles.